The fourth-order valence-corrected chi connectivity index (χ4v) is 2.44. The molecule has 2 aromatic carbocycles. The first-order chi connectivity index (χ1) is 9.99. The Morgan fingerprint density at radius 2 is 1.90 bits per heavy atom. The third kappa shape index (κ3) is 2.11. The first-order valence-corrected chi connectivity index (χ1v) is 6.49. The minimum Gasteiger partial charge on any atom is -0.504 e. The number of fused-ring (bicyclic) bond motifs is 1. The van der Waals surface area contributed by atoms with Crippen LogP contribution < -0.4 is 4.74 Å². The van der Waals surface area contributed by atoms with Gasteiger partial charge in [0.2, 0.25) is 0 Å². The molecule has 1 heterocycles. The Bertz CT molecular complexity index is 723. The van der Waals surface area contributed by atoms with Crippen molar-refractivity contribution in [2.75, 3.05) is 0 Å². The Hall–Kier alpha value is -2.53. The van der Waals surface area contributed by atoms with Crippen LogP contribution in [0, 0.1) is 6.92 Å². The number of ether oxygens (including phenoxy) is 1. The van der Waals surface area contributed by atoms with Gasteiger partial charge in [-0.05, 0) is 30.7 Å². The molecular formula is C16H14O5. The number of phenolic OH excluding ortho intramolecular Hbond substituents is 2. The van der Waals surface area contributed by atoms with Crippen LogP contribution in [-0.4, -0.2) is 27.2 Å². The van der Waals surface area contributed by atoms with Crippen LogP contribution in [0.15, 0.2) is 36.4 Å². The van der Waals surface area contributed by atoms with E-state index in [4.69, 9.17) is 4.74 Å². The number of hydrogen-bond donors (Lipinski definition) is 3. The van der Waals surface area contributed by atoms with Crippen molar-refractivity contribution in [2.24, 2.45) is 0 Å². The Labute approximate surface area is 121 Å². The van der Waals surface area contributed by atoms with Crippen molar-refractivity contribution in [3.8, 4) is 17.2 Å². The third-order valence-corrected chi connectivity index (χ3v) is 3.56. The molecule has 0 saturated heterocycles. The Morgan fingerprint density at radius 3 is 2.67 bits per heavy atom. The van der Waals surface area contributed by atoms with Gasteiger partial charge in [-0.25, -0.2) is 0 Å². The molecule has 0 saturated carbocycles. The Balaban J connectivity index is 2.09. The number of rotatable bonds is 1. The number of phenols is 2. The molecule has 0 amide bonds. The molecule has 0 aliphatic carbocycles. The molecule has 2 atom stereocenters. The highest BCUT2D eigenvalue weighted by molar-refractivity contribution is 6.03. The van der Waals surface area contributed by atoms with Crippen molar-refractivity contribution in [3.63, 3.8) is 0 Å². The molecule has 0 bridgehead atoms. The topological polar surface area (TPSA) is 87.0 Å². The van der Waals surface area contributed by atoms with E-state index in [0.29, 0.717) is 11.3 Å². The monoisotopic (exact) mass is 286 g/mol. The van der Waals surface area contributed by atoms with Crippen LogP contribution in [0.5, 0.6) is 17.2 Å². The summed E-state index contributed by atoms with van der Waals surface area (Å²) in [7, 11) is 0. The van der Waals surface area contributed by atoms with E-state index in [1.165, 1.54) is 18.2 Å². The maximum absolute atomic E-state index is 12.2. The molecule has 0 spiro atoms. The number of aryl methyl sites for hydroxylation is 1. The number of benzene rings is 2. The van der Waals surface area contributed by atoms with Gasteiger partial charge >= 0.3 is 0 Å². The molecule has 3 rings (SSSR count). The summed E-state index contributed by atoms with van der Waals surface area (Å²) in [6.45, 7) is 1.86. The highest BCUT2D eigenvalue weighted by Gasteiger charge is 2.38. The van der Waals surface area contributed by atoms with Crippen molar-refractivity contribution in [2.45, 2.75) is 19.1 Å². The number of Topliss-reactive ketones (excluding diaryl/α,β-unsaturated/α-hetero) is 1. The van der Waals surface area contributed by atoms with Gasteiger partial charge < -0.3 is 20.1 Å². The fraction of sp³-hybridized carbons (Fsp3) is 0.188. The quantitative estimate of drug-likeness (QED) is 0.699. The van der Waals surface area contributed by atoms with Crippen LogP contribution in [0.3, 0.4) is 0 Å². The lowest BCUT2D eigenvalue weighted by atomic mass is 9.92. The number of hydrogen-bond acceptors (Lipinski definition) is 5. The lowest BCUT2D eigenvalue weighted by Gasteiger charge is -2.30. The number of para-hydroxylation sites is 1. The highest BCUT2D eigenvalue weighted by atomic mass is 16.5. The SMILES string of the molecule is Cc1ccc2c(c1)OC(c1cccc(O)c1O)C(O)C2=O. The first kappa shape index (κ1) is 13.5. The van der Waals surface area contributed by atoms with E-state index in [9.17, 15) is 20.1 Å². The van der Waals surface area contributed by atoms with Crippen LogP contribution >= 0.6 is 0 Å². The van der Waals surface area contributed by atoms with E-state index in [-0.39, 0.29) is 11.3 Å². The zero-order chi connectivity index (χ0) is 15.1. The van der Waals surface area contributed by atoms with E-state index >= 15 is 0 Å². The summed E-state index contributed by atoms with van der Waals surface area (Å²) in [4.78, 5) is 12.2. The molecule has 3 N–H and O–H groups in total. The van der Waals surface area contributed by atoms with Gasteiger partial charge in [0.05, 0.1) is 5.56 Å². The molecule has 0 aromatic heterocycles. The van der Waals surface area contributed by atoms with E-state index < -0.39 is 23.7 Å². The number of aromatic hydroxyl groups is 2. The second-order valence-electron chi connectivity index (χ2n) is 5.06. The fourth-order valence-electron chi connectivity index (χ4n) is 2.44. The summed E-state index contributed by atoms with van der Waals surface area (Å²) in [5.74, 6) is -0.835. The van der Waals surface area contributed by atoms with Gasteiger partial charge in [-0.2, -0.15) is 0 Å². The van der Waals surface area contributed by atoms with Gasteiger partial charge in [-0.15, -0.1) is 0 Å². The first-order valence-electron chi connectivity index (χ1n) is 6.49. The van der Waals surface area contributed by atoms with Gasteiger partial charge in [0, 0.05) is 5.56 Å². The van der Waals surface area contributed by atoms with Crippen LogP contribution in [0.4, 0.5) is 0 Å². The molecule has 5 nitrogen and oxygen atoms in total. The van der Waals surface area contributed by atoms with E-state index in [0.717, 1.165) is 5.56 Å². The zero-order valence-corrected chi connectivity index (χ0v) is 11.3. The van der Waals surface area contributed by atoms with Crippen LogP contribution in [0.1, 0.15) is 27.6 Å². The molecular weight excluding hydrogens is 272 g/mol. The Kier molecular flexibility index (Phi) is 3.07. The normalized spacial score (nSPS) is 20.8. The van der Waals surface area contributed by atoms with Gasteiger partial charge in [0.15, 0.2) is 29.5 Å². The molecule has 2 aromatic rings. The highest BCUT2D eigenvalue weighted by Crippen LogP contribution is 2.41. The van der Waals surface area contributed by atoms with E-state index in [1.54, 1.807) is 18.2 Å². The molecule has 108 valence electrons. The molecule has 0 fully saturated rings. The summed E-state index contributed by atoms with van der Waals surface area (Å²) in [6, 6.07) is 9.39. The van der Waals surface area contributed by atoms with Gasteiger partial charge in [-0.3, -0.25) is 4.79 Å². The number of ketones is 1. The second-order valence-corrected chi connectivity index (χ2v) is 5.06. The van der Waals surface area contributed by atoms with Crippen molar-refractivity contribution in [1.82, 2.24) is 0 Å². The van der Waals surface area contributed by atoms with Crippen molar-refractivity contribution in [1.29, 1.82) is 0 Å². The van der Waals surface area contributed by atoms with E-state index in [2.05, 4.69) is 0 Å². The summed E-state index contributed by atoms with van der Waals surface area (Å²) < 4.78 is 5.68. The summed E-state index contributed by atoms with van der Waals surface area (Å²) in [5, 5.41) is 29.6. The zero-order valence-electron chi connectivity index (χ0n) is 11.3. The Morgan fingerprint density at radius 1 is 1.14 bits per heavy atom. The van der Waals surface area contributed by atoms with Crippen LogP contribution in [0.25, 0.3) is 0 Å². The molecule has 5 heteroatoms. The standard InChI is InChI=1S/C16H14O5/c1-8-5-6-9-12(7-8)21-16(15(20)14(9)19)10-3-2-4-11(17)13(10)18/h2-7,15-18,20H,1H3. The van der Waals surface area contributed by atoms with Crippen molar-refractivity contribution < 1.29 is 24.9 Å². The van der Waals surface area contributed by atoms with Crippen molar-refractivity contribution >= 4 is 5.78 Å². The smallest absolute Gasteiger partial charge is 0.199 e. The average molecular weight is 286 g/mol. The lowest BCUT2D eigenvalue weighted by molar-refractivity contribution is 0.0207. The summed E-state index contributed by atoms with van der Waals surface area (Å²) in [5.41, 5.74) is 1.39. The molecule has 1 aliphatic rings. The lowest BCUT2D eigenvalue weighted by Crippen LogP contribution is -2.36. The summed E-state index contributed by atoms with van der Waals surface area (Å²) in [6.07, 6.45) is -2.49. The maximum atomic E-state index is 12.2. The molecule has 0 radical (unpaired) electrons. The number of aliphatic hydroxyl groups is 1. The molecule has 1 aliphatic heterocycles. The van der Waals surface area contributed by atoms with Gasteiger partial charge in [0.1, 0.15) is 5.75 Å². The number of carbonyl (C=O) groups is 1. The van der Waals surface area contributed by atoms with Crippen LogP contribution in [0.2, 0.25) is 0 Å². The van der Waals surface area contributed by atoms with Crippen LogP contribution in [-0.2, 0) is 0 Å². The minimum absolute atomic E-state index is 0.169. The number of carbonyl (C=O) groups excluding carboxylic acids is 1. The number of aliphatic hydroxyl groups excluding tert-OH is 1. The predicted octanol–water partition coefficient (Wildman–Crippen LogP) is 2.08. The average Bonchev–Trinajstić information content (AvgIpc) is 2.46. The maximum Gasteiger partial charge on any atom is 0.199 e. The third-order valence-electron chi connectivity index (χ3n) is 3.56. The second kappa shape index (κ2) is 4.79. The summed E-state index contributed by atoms with van der Waals surface area (Å²) >= 11 is 0. The largest absolute Gasteiger partial charge is 0.504 e. The minimum atomic E-state index is -1.44. The van der Waals surface area contributed by atoms with Crippen molar-refractivity contribution in [3.05, 3.63) is 53.1 Å². The van der Waals surface area contributed by atoms with Gasteiger partial charge in [-0.1, -0.05) is 18.2 Å². The predicted molar refractivity (Wildman–Crippen MR) is 74.7 cm³/mol. The van der Waals surface area contributed by atoms with Gasteiger partial charge in [0.25, 0.3) is 0 Å². The molecule has 2 unspecified atom stereocenters. The van der Waals surface area contributed by atoms with E-state index in [1.807, 2.05) is 6.92 Å². The molecule has 21 heavy (non-hydrogen) atoms.